The van der Waals surface area contributed by atoms with E-state index in [0.29, 0.717) is 5.56 Å². The van der Waals surface area contributed by atoms with Crippen LogP contribution in [0.4, 0.5) is 5.69 Å². The fourth-order valence-electron chi connectivity index (χ4n) is 1.91. The van der Waals surface area contributed by atoms with Crippen LogP contribution in [0.25, 0.3) is 0 Å². The van der Waals surface area contributed by atoms with Gasteiger partial charge in [-0.25, -0.2) is 4.79 Å². The second-order valence-electron chi connectivity index (χ2n) is 4.73. The van der Waals surface area contributed by atoms with Crippen molar-refractivity contribution in [3.05, 3.63) is 65.2 Å². The maximum Gasteiger partial charge on any atom is 0.337 e. The first-order chi connectivity index (χ1) is 9.99. The summed E-state index contributed by atoms with van der Waals surface area (Å²) < 4.78 is 0. The molecule has 0 heterocycles. The van der Waals surface area contributed by atoms with Crippen LogP contribution in [0.1, 0.15) is 27.5 Å². The first-order valence-electron chi connectivity index (χ1n) is 6.44. The standard InChI is InChI=1S/C16H16N2O3/c1-10-6-8-11(9-7-10)14(17)15(19)18-13-5-3-2-4-12(13)16(20)21/h2-9,14H,17H2,1H3,(H,18,19)(H,20,21). The molecule has 0 saturated carbocycles. The summed E-state index contributed by atoms with van der Waals surface area (Å²) in [5.74, 6) is -1.55. The molecule has 0 aliphatic rings. The van der Waals surface area contributed by atoms with Crippen molar-refractivity contribution in [1.82, 2.24) is 0 Å². The summed E-state index contributed by atoms with van der Waals surface area (Å²) in [4.78, 5) is 23.2. The maximum atomic E-state index is 12.1. The number of para-hydroxylation sites is 1. The highest BCUT2D eigenvalue weighted by molar-refractivity contribution is 6.02. The van der Waals surface area contributed by atoms with E-state index in [-0.39, 0.29) is 11.3 Å². The molecule has 0 aliphatic carbocycles. The average Bonchev–Trinajstić information content (AvgIpc) is 2.47. The van der Waals surface area contributed by atoms with Crippen molar-refractivity contribution in [2.75, 3.05) is 5.32 Å². The van der Waals surface area contributed by atoms with Crippen molar-refractivity contribution in [3.8, 4) is 0 Å². The minimum absolute atomic E-state index is 0.0296. The van der Waals surface area contributed by atoms with Gasteiger partial charge in [0.1, 0.15) is 6.04 Å². The van der Waals surface area contributed by atoms with Crippen LogP contribution in [0.15, 0.2) is 48.5 Å². The van der Waals surface area contributed by atoms with Gasteiger partial charge in [-0.2, -0.15) is 0 Å². The van der Waals surface area contributed by atoms with Crippen molar-refractivity contribution >= 4 is 17.6 Å². The summed E-state index contributed by atoms with van der Waals surface area (Å²) in [6, 6.07) is 12.6. The van der Waals surface area contributed by atoms with Crippen LogP contribution in [0.2, 0.25) is 0 Å². The highest BCUT2D eigenvalue weighted by atomic mass is 16.4. The predicted octanol–water partition coefficient (Wildman–Crippen LogP) is 2.33. The predicted molar refractivity (Wildman–Crippen MR) is 80.1 cm³/mol. The van der Waals surface area contributed by atoms with Crippen molar-refractivity contribution in [1.29, 1.82) is 0 Å². The van der Waals surface area contributed by atoms with E-state index in [2.05, 4.69) is 5.32 Å². The molecule has 0 bridgehead atoms. The van der Waals surface area contributed by atoms with E-state index in [0.717, 1.165) is 5.56 Å². The van der Waals surface area contributed by atoms with Gasteiger partial charge in [-0.05, 0) is 24.6 Å². The van der Waals surface area contributed by atoms with Crippen LogP contribution >= 0.6 is 0 Å². The van der Waals surface area contributed by atoms with Gasteiger partial charge in [-0.15, -0.1) is 0 Å². The lowest BCUT2D eigenvalue weighted by Gasteiger charge is -2.14. The number of carbonyl (C=O) groups excluding carboxylic acids is 1. The molecule has 1 atom stereocenters. The largest absolute Gasteiger partial charge is 0.478 e. The van der Waals surface area contributed by atoms with Gasteiger partial charge >= 0.3 is 5.97 Å². The Labute approximate surface area is 122 Å². The molecule has 108 valence electrons. The molecule has 21 heavy (non-hydrogen) atoms. The van der Waals surface area contributed by atoms with Gasteiger partial charge in [0, 0.05) is 0 Å². The van der Waals surface area contributed by atoms with Crippen LogP contribution in [-0.4, -0.2) is 17.0 Å². The Morgan fingerprint density at radius 1 is 1.10 bits per heavy atom. The Balaban J connectivity index is 2.18. The number of amides is 1. The summed E-state index contributed by atoms with van der Waals surface area (Å²) in [6.45, 7) is 1.94. The lowest BCUT2D eigenvalue weighted by molar-refractivity contribution is -0.117. The molecule has 0 radical (unpaired) electrons. The molecule has 0 fully saturated rings. The second-order valence-corrected chi connectivity index (χ2v) is 4.73. The van der Waals surface area contributed by atoms with E-state index >= 15 is 0 Å². The van der Waals surface area contributed by atoms with E-state index in [1.807, 2.05) is 19.1 Å². The fraction of sp³-hybridized carbons (Fsp3) is 0.125. The number of hydrogen-bond donors (Lipinski definition) is 3. The normalized spacial score (nSPS) is 11.7. The number of carboxylic acids is 1. The molecular weight excluding hydrogens is 268 g/mol. The summed E-state index contributed by atoms with van der Waals surface area (Å²) in [5, 5.41) is 11.6. The molecule has 1 amide bonds. The Hall–Kier alpha value is -2.66. The molecule has 2 aromatic rings. The van der Waals surface area contributed by atoms with Crippen LogP contribution < -0.4 is 11.1 Å². The molecule has 0 saturated heterocycles. The van der Waals surface area contributed by atoms with Gasteiger partial charge in [0.2, 0.25) is 5.91 Å². The third-order valence-electron chi connectivity index (χ3n) is 3.13. The van der Waals surface area contributed by atoms with Crippen LogP contribution in [-0.2, 0) is 4.79 Å². The second kappa shape index (κ2) is 6.19. The smallest absolute Gasteiger partial charge is 0.337 e. The van der Waals surface area contributed by atoms with Gasteiger partial charge in [0.15, 0.2) is 0 Å². The number of rotatable bonds is 4. The van der Waals surface area contributed by atoms with Crippen molar-refractivity contribution < 1.29 is 14.7 Å². The minimum atomic E-state index is -1.10. The SMILES string of the molecule is Cc1ccc(C(N)C(=O)Nc2ccccc2C(=O)O)cc1. The van der Waals surface area contributed by atoms with Crippen molar-refractivity contribution in [2.24, 2.45) is 5.73 Å². The zero-order chi connectivity index (χ0) is 15.4. The number of nitrogens with one attached hydrogen (secondary N) is 1. The average molecular weight is 284 g/mol. The molecule has 1 unspecified atom stereocenters. The molecule has 5 heteroatoms. The molecule has 0 aromatic heterocycles. The van der Waals surface area contributed by atoms with Gasteiger partial charge in [-0.1, -0.05) is 42.0 Å². The molecule has 0 spiro atoms. The maximum absolute atomic E-state index is 12.1. The molecule has 5 nitrogen and oxygen atoms in total. The molecule has 2 aromatic carbocycles. The van der Waals surface area contributed by atoms with Gasteiger partial charge in [0.25, 0.3) is 0 Å². The fourth-order valence-corrected chi connectivity index (χ4v) is 1.91. The number of aromatic carboxylic acids is 1. The molecule has 0 aliphatic heterocycles. The Morgan fingerprint density at radius 3 is 2.33 bits per heavy atom. The third kappa shape index (κ3) is 3.46. The topological polar surface area (TPSA) is 92.4 Å². The zero-order valence-electron chi connectivity index (χ0n) is 11.5. The molecule has 4 N–H and O–H groups in total. The number of anilines is 1. The lowest BCUT2D eigenvalue weighted by atomic mass is 10.0. The summed E-state index contributed by atoms with van der Waals surface area (Å²) >= 11 is 0. The quantitative estimate of drug-likeness (QED) is 0.803. The lowest BCUT2D eigenvalue weighted by Crippen LogP contribution is -2.28. The summed E-state index contributed by atoms with van der Waals surface area (Å²) in [5.41, 5.74) is 7.91. The van der Waals surface area contributed by atoms with E-state index in [1.54, 1.807) is 24.3 Å². The highest BCUT2D eigenvalue weighted by Crippen LogP contribution is 2.18. The van der Waals surface area contributed by atoms with E-state index in [4.69, 9.17) is 10.8 Å². The number of aryl methyl sites for hydroxylation is 1. The first-order valence-corrected chi connectivity index (χ1v) is 6.44. The monoisotopic (exact) mass is 284 g/mol. The zero-order valence-corrected chi connectivity index (χ0v) is 11.5. The van der Waals surface area contributed by atoms with Crippen LogP contribution in [0.3, 0.4) is 0 Å². The first kappa shape index (κ1) is 14.7. The molecule has 2 rings (SSSR count). The van der Waals surface area contributed by atoms with Crippen molar-refractivity contribution in [2.45, 2.75) is 13.0 Å². The van der Waals surface area contributed by atoms with Gasteiger partial charge in [0.05, 0.1) is 11.3 Å². The van der Waals surface area contributed by atoms with Gasteiger partial charge < -0.3 is 16.2 Å². The number of carboxylic acid groups (broad SMARTS) is 1. The summed E-state index contributed by atoms with van der Waals surface area (Å²) in [6.07, 6.45) is 0. The third-order valence-corrected chi connectivity index (χ3v) is 3.13. The van der Waals surface area contributed by atoms with Crippen molar-refractivity contribution in [3.63, 3.8) is 0 Å². The van der Waals surface area contributed by atoms with E-state index < -0.39 is 17.9 Å². The Bertz CT molecular complexity index is 665. The Kier molecular flexibility index (Phi) is 4.35. The Morgan fingerprint density at radius 2 is 1.71 bits per heavy atom. The van der Waals surface area contributed by atoms with Gasteiger partial charge in [-0.3, -0.25) is 4.79 Å². The van der Waals surface area contributed by atoms with Crippen LogP contribution in [0.5, 0.6) is 0 Å². The molecular formula is C16H16N2O3. The van der Waals surface area contributed by atoms with E-state index in [1.165, 1.54) is 12.1 Å². The number of nitrogens with two attached hydrogens (primary N) is 1. The number of benzene rings is 2. The summed E-state index contributed by atoms with van der Waals surface area (Å²) in [7, 11) is 0. The van der Waals surface area contributed by atoms with E-state index in [9.17, 15) is 9.59 Å². The number of hydrogen-bond acceptors (Lipinski definition) is 3. The highest BCUT2D eigenvalue weighted by Gasteiger charge is 2.18. The number of carbonyl (C=O) groups is 2. The minimum Gasteiger partial charge on any atom is -0.478 e. The van der Waals surface area contributed by atoms with Crippen LogP contribution in [0, 0.1) is 6.92 Å².